The van der Waals surface area contributed by atoms with Gasteiger partial charge in [-0.25, -0.2) is 17.5 Å². The standard InChI is InChI=1S/C20H22ClFN2O4S/c1-13-9-14(4-7-18(13)22)11-23-20(25)15-5-6-17(21)19(10-15)29(26,27)24-12-16-3-2-8-28-16/h4-7,9-10,16,24H,2-3,8,11-12H2,1H3,(H,23,25). The first-order valence-corrected chi connectivity index (χ1v) is 11.1. The molecule has 1 aliphatic rings. The van der Waals surface area contributed by atoms with Gasteiger partial charge in [-0.3, -0.25) is 4.79 Å². The van der Waals surface area contributed by atoms with Gasteiger partial charge in [-0.2, -0.15) is 0 Å². The summed E-state index contributed by atoms with van der Waals surface area (Å²) in [5, 5.41) is 2.72. The van der Waals surface area contributed by atoms with Crippen molar-refractivity contribution in [2.45, 2.75) is 37.3 Å². The van der Waals surface area contributed by atoms with Crippen LogP contribution in [-0.2, 0) is 21.3 Å². The minimum atomic E-state index is -3.90. The summed E-state index contributed by atoms with van der Waals surface area (Å²) in [4.78, 5) is 12.3. The third-order valence-electron chi connectivity index (χ3n) is 4.68. The largest absolute Gasteiger partial charge is 0.377 e. The number of aryl methyl sites for hydroxylation is 1. The Morgan fingerprint density at radius 3 is 2.76 bits per heavy atom. The van der Waals surface area contributed by atoms with Crippen molar-refractivity contribution in [3.8, 4) is 0 Å². The second-order valence-corrected chi connectivity index (χ2v) is 9.04. The van der Waals surface area contributed by atoms with E-state index < -0.39 is 15.9 Å². The van der Waals surface area contributed by atoms with Crippen molar-refractivity contribution >= 4 is 27.5 Å². The van der Waals surface area contributed by atoms with Gasteiger partial charge in [-0.1, -0.05) is 23.7 Å². The zero-order chi connectivity index (χ0) is 21.0. The summed E-state index contributed by atoms with van der Waals surface area (Å²) in [5.41, 5.74) is 1.37. The number of carbonyl (C=O) groups excluding carboxylic acids is 1. The number of rotatable bonds is 7. The van der Waals surface area contributed by atoms with E-state index in [-0.39, 0.29) is 40.5 Å². The Hall–Kier alpha value is -2.00. The van der Waals surface area contributed by atoms with Gasteiger partial charge < -0.3 is 10.1 Å². The summed E-state index contributed by atoms with van der Waals surface area (Å²) in [6, 6.07) is 8.62. The highest BCUT2D eigenvalue weighted by atomic mass is 35.5. The van der Waals surface area contributed by atoms with Crippen LogP contribution in [0.2, 0.25) is 5.02 Å². The van der Waals surface area contributed by atoms with Crippen LogP contribution in [0.1, 0.15) is 34.3 Å². The summed E-state index contributed by atoms with van der Waals surface area (Å²) in [5.74, 6) is -0.776. The first-order chi connectivity index (χ1) is 13.8. The SMILES string of the molecule is Cc1cc(CNC(=O)c2ccc(Cl)c(S(=O)(=O)NCC3CCCO3)c2)ccc1F. The first-order valence-electron chi connectivity index (χ1n) is 9.20. The molecule has 6 nitrogen and oxygen atoms in total. The van der Waals surface area contributed by atoms with Crippen LogP contribution in [0.4, 0.5) is 4.39 Å². The van der Waals surface area contributed by atoms with Crippen LogP contribution in [0.5, 0.6) is 0 Å². The van der Waals surface area contributed by atoms with E-state index in [1.54, 1.807) is 19.1 Å². The second-order valence-electron chi connectivity index (χ2n) is 6.90. The van der Waals surface area contributed by atoms with E-state index in [9.17, 15) is 17.6 Å². The maximum absolute atomic E-state index is 13.3. The molecule has 29 heavy (non-hydrogen) atoms. The van der Waals surface area contributed by atoms with Gasteiger partial charge in [-0.05, 0) is 55.2 Å². The van der Waals surface area contributed by atoms with Crippen LogP contribution in [-0.4, -0.2) is 33.6 Å². The van der Waals surface area contributed by atoms with E-state index in [1.807, 2.05) is 0 Å². The van der Waals surface area contributed by atoms with Crippen molar-refractivity contribution in [1.29, 1.82) is 0 Å². The number of carbonyl (C=O) groups is 1. The third-order valence-corrected chi connectivity index (χ3v) is 6.59. The number of hydrogen-bond acceptors (Lipinski definition) is 4. The molecule has 1 atom stereocenters. The zero-order valence-corrected chi connectivity index (χ0v) is 17.4. The van der Waals surface area contributed by atoms with Crippen molar-refractivity contribution < 1.29 is 22.3 Å². The van der Waals surface area contributed by atoms with Gasteiger partial charge in [0.1, 0.15) is 10.7 Å². The van der Waals surface area contributed by atoms with Gasteiger partial charge in [0.05, 0.1) is 11.1 Å². The van der Waals surface area contributed by atoms with Gasteiger partial charge in [-0.15, -0.1) is 0 Å². The van der Waals surface area contributed by atoms with Crippen LogP contribution in [0.15, 0.2) is 41.3 Å². The van der Waals surface area contributed by atoms with Crippen LogP contribution in [0, 0.1) is 12.7 Å². The number of ether oxygens (including phenoxy) is 1. The predicted octanol–water partition coefficient (Wildman–Crippen LogP) is 3.17. The molecule has 9 heteroatoms. The molecule has 2 aromatic carbocycles. The van der Waals surface area contributed by atoms with Crippen LogP contribution in [0.3, 0.4) is 0 Å². The molecule has 2 aromatic rings. The topological polar surface area (TPSA) is 84.5 Å². The maximum Gasteiger partial charge on any atom is 0.251 e. The molecule has 0 bridgehead atoms. The van der Waals surface area contributed by atoms with Gasteiger partial charge in [0.2, 0.25) is 10.0 Å². The average molecular weight is 441 g/mol. The van der Waals surface area contributed by atoms with Gasteiger partial charge in [0.25, 0.3) is 5.91 Å². The van der Waals surface area contributed by atoms with Crippen LogP contribution >= 0.6 is 11.6 Å². The van der Waals surface area contributed by atoms with Crippen molar-refractivity contribution in [3.63, 3.8) is 0 Å². The molecule has 2 N–H and O–H groups in total. The Kier molecular flexibility index (Phi) is 6.89. The molecular weight excluding hydrogens is 419 g/mol. The number of benzene rings is 2. The van der Waals surface area contributed by atoms with E-state index >= 15 is 0 Å². The van der Waals surface area contributed by atoms with E-state index in [4.69, 9.17) is 16.3 Å². The number of amides is 1. The Balaban J connectivity index is 1.69. The van der Waals surface area contributed by atoms with Crippen molar-refractivity contribution in [2.75, 3.05) is 13.2 Å². The molecule has 3 rings (SSSR count). The Bertz CT molecular complexity index is 1010. The molecule has 0 aliphatic carbocycles. The first kappa shape index (κ1) is 21.7. The highest BCUT2D eigenvalue weighted by molar-refractivity contribution is 7.89. The van der Waals surface area contributed by atoms with Gasteiger partial charge >= 0.3 is 0 Å². The monoisotopic (exact) mass is 440 g/mol. The molecule has 1 amide bonds. The van der Waals surface area contributed by atoms with E-state index in [2.05, 4.69) is 10.0 Å². The highest BCUT2D eigenvalue weighted by Gasteiger charge is 2.23. The fraction of sp³-hybridized carbons (Fsp3) is 0.350. The Labute approximate surface area is 174 Å². The molecule has 1 unspecified atom stereocenters. The lowest BCUT2D eigenvalue weighted by Crippen LogP contribution is -2.32. The zero-order valence-electron chi connectivity index (χ0n) is 15.9. The molecule has 1 heterocycles. The fourth-order valence-electron chi connectivity index (χ4n) is 3.04. The van der Waals surface area contributed by atoms with Crippen molar-refractivity contribution in [3.05, 3.63) is 63.9 Å². The second kappa shape index (κ2) is 9.21. The molecule has 0 spiro atoms. The average Bonchev–Trinajstić information content (AvgIpc) is 3.21. The number of halogens is 2. The summed E-state index contributed by atoms with van der Waals surface area (Å²) in [6.07, 6.45) is 1.53. The van der Waals surface area contributed by atoms with Gasteiger partial charge in [0.15, 0.2) is 0 Å². The Morgan fingerprint density at radius 2 is 2.07 bits per heavy atom. The molecule has 1 saturated heterocycles. The molecular formula is C20H22ClFN2O4S. The number of nitrogens with one attached hydrogen (secondary N) is 2. The molecule has 156 valence electrons. The third kappa shape index (κ3) is 5.54. The molecule has 1 aliphatic heterocycles. The number of hydrogen-bond donors (Lipinski definition) is 2. The van der Waals surface area contributed by atoms with E-state index in [0.717, 1.165) is 18.4 Å². The lowest BCUT2D eigenvalue weighted by atomic mass is 10.1. The summed E-state index contributed by atoms with van der Waals surface area (Å²) in [6.45, 7) is 2.60. The van der Waals surface area contributed by atoms with E-state index in [1.165, 1.54) is 24.3 Å². The molecule has 0 saturated carbocycles. The minimum absolute atomic E-state index is 0.0237. The molecule has 0 aromatic heterocycles. The van der Waals surface area contributed by atoms with Crippen molar-refractivity contribution in [2.24, 2.45) is 0 Å². The normalized spacial score (nSPS) is 16.7. The Morgan fingerprint density at radius 1 is 1.28 bits per heavy atom. The lowest BCUT2D eigenvalue weighted by Gasteiger charge is -2.13. The lowest BCUT2D eigenvalue weighted by molar-refractivity contribution is 0.0950. The smallest absolute Gasteiger partial charge is 0.251 e. The minimum Gasteiger partial charge on any atom is -0.377 e. The summed E-state index contributed by atoms with van der Waals surface area (Å²) < 4.78 is 46.5. The predicted molar refractivity (Wildman–Crippen MR) is 108 cm³/mol. The molecule has 0 radical (unpaired) electrons. The van der Waals surface area contributed by atoms with Gasteiger partial charge in [0, 0.05) is 25.3 Å². The van der Waals surface area contributed by atoms with Crippen molar-refractivity contribution in [1.82, 2.24) is 10.0 Å². The number of sulfonamides is 1. The van der Waals surface area contributed by atoms with Crippen LogP contribution in [0.25, 0.3) is 0 Å². The summed E-state index contributed by atoms with van der Waals surface area (Å²) >= 11 is 6.07. The highest BCUT2D eigenvalue weighted by Crippen LogP contribution is 2.23. The molecule has 1 fully saturated rings. The quantitative estimate of drug-likeness (QED) is 0.692. The summed E-state index contributed by atoms with van der Waals surface area (Å²) in [7, 11) is -3.90. The van der Waals surface area contributed by atoms with Crippen LogP contribution < -0.4 is 10.0 Å². The maximum atomic E-state index is 13.3. The fourth-order valence-corrected chi connectivity index (χ4v) is 4.63. The van der Waals surface area contributed by atoms with E-state index in [0.29, 0.717) is 12.2 Å².